The van der Waals surface area contributed by atoms with Gasteiger partial charge >= 0.3 is 0 Å². The number of ether oxygens (including phenoxy) is 1. The van der Waals surface area contributed by atoms with Crippen molar-refractivity contribution < 1.29 is 9.53 Å². The third-order valence-electron chi connectivity index (χ3n) is 2.05. The molecule has 1 saturated heterocycles. The van der Waals surface area contributed by atoms with Gasteiger partial charge in [0.2, 0.25) is 0 Å². The van der Waals surface area contributed by atoms with Crippen LogP contribution in [-0.4, -0.2) is 18.8 Å². The lowest BCUT2D eigenvalue weighted by atomic mass is 10.3. The Morgan fingerprint density at radius 2 is 2.06 bits per heavy atom. The summed E-state index contributed by atoms with van der Waals surface area (Å²) in [4.78, 5) is 11.5. The lowest BCUT2D eigenvalue weighted by Gasteiger charge is -2.12. The third-order valence-corrected chi connectivity index (χ3v) is 2.58. The summed E-state index contributed by atoms with van der Waals surface area (Å²) in [5, 5.41) is 3.46. The zero-order valence-corrected chi connectivity index (χ0v) is 10.6. The Bertz CT molecular complexity index is 439. The highest BCUT2D eigenvalue weighted by molar-refractivity contribution is 6.35. The van der Waals surface area contributed by atoms with E-state index < -0.39 is 6.29 Å². The molecule has 2 rings (SSSR count). The minimum atomic E-state index is -0.415. The van der Waals surface area contributed by atoms with Crippen LogP contribution in [0.4, 0.5) is 0 Å². The highest BCUT2D eigenvalue weighted by atomic mass is 35.5. The molecule has 1 aliphatic rings. The first-order valence-electron chi connectivity index (χ1n) is 5.03. The summed E-state index contributed by atoms with van der Waals surface area (Å²) >= 11 is 11.6. The highest BCUT2D eigenvalue weighted by Gasteiger charge is 2.15. The summed E-state index contributed by atoms with van der Waals surface area (Å²) in [6.45, 7) is -0.152. The van der Waals surface area contributed by atoms with Crippen molar-refractivity contribution in [3.8, 4) is 5.75 Å². The summed E-state index contributed by atoms with van der Waals surface area (Å²) in [5.74, 6) is 0.0938. The largest absolute Gasteiger partial charge is 0.482 e. The molecule has 18 heavy (non-hydrogen) atoms. The van der Waals surface area contributed by atoms with Crippen LogP contribution in [0, 0.1) is 0 Å². The number of amides is 1. The van der Waals surface area contributed by atoms with Gasteiger partial charge in [-0.15, -0.1) is 0 Å². The van der Waals surface area contributed by atoms with Gasteiger partial charge in [0.1, 0.15) is 5.75 Å². The van der Waals surface area contributed by atoms with Gasteiger partial charge in [0.05, 0.1) is 5.02 Å². The van der Waals surface area contributed by atoms with E-state index in [1.165, 1.54) is 0 Å². The van der Waals surface area contributed by atoms with E-state index in [-0.39, 0.29) is 12.5 Å². The summed E-state index contributed by atoms with van der Waals surface area (Å²) < 4.78 is 5.26. The Labute approximate surface area is 113 Å². The number of benzene rings is 1. The van der Waals surface area contributed by atoms with Gasteiger partial charge in [-0.2, -0.15) is 11.1 Å². The van der Waals surface area contributed by atoms with Gasteiger partial charge in [-0.3, -0.25) is 4.79 Å². The molecule has 1 fully saturated rings. The van der Waals surface area contributed by atoms with Crippen LogP contribution in [0.5, 0.6) is 5.75 Å². The molecule has 0 spiro atoms. The first-order valence-corrected chi connectivity index (χ1v) is 5.79. The predicted octanol–water partition coefficient (Wildman–Crippen LogP) is -0.111. The molecule has 1 aromatic carbocycles. The Morgan fingerprint density at radius 1 is 1.33 bits per heavy atom. The molecule has 0 radical (unpaired) electrons. The van der Waals surface area contributed by atoms with Gasteiger partial charge in [-0.1, -0.05) is 23.2 Å². The first-order chi connectivity index (χ1) is 8.65. The monoisotopic (exact) mass is 291 g/mol. The zero-order valence-electron chi connectivity index (χ0n) is 9.09. The predicted molar refractivity (Wildman–Crippen MR) is 66.4 cm³/mol. The van der Waals surface area contributed by atoms with E-state index in [9.17, 15) is 4.79 Å². The maximum absolute atomic E-state index is 11.5. The molecule has 0 saturated carbocycles. The molecule has 0 bridgehead atoms. The molecule has 9 heteroatoms. The highest BCUT2D eigenvalue weighted by Crippen LogP contribution is 2.27. The molecule has 0 aromatic heterocycles. The van der Waals surface area contributed by atoms with Gasteiger partial charge < -0.3 is 10.1 Å². The van der Waals surface area contributed by atoms with Crippen LogP contribution in [0.25, 0.3) is 0 Å². The Hall–Kier alpha value is -1.09. The zero-order chi connectivity index (χ0) is 13.0. The third kappa shape index (κ3) is 3.70. The van der Waals surface area contributed by atoms with Gasteiger partial charge in [-0.05, 0) is 18.2 Å². The fraction of sp³-hybridized carbons (Fsp3) is 0.222. The maximum Gasteiger partial charge on any atom is 0.260 e. The van der Waals surface area contributed by atoms with Crippen molar-refractivity contribution in [1.29, 1.82) is 0 Å². The number of nitrogens with one attached hydrogen (secondary N) is 5. The number of hydrogen-bond donors (Lipinski definition) is 5. The first kappa shape index (κ1) is 13.3. The molecular weight excluding hydrogens is 281 g/mol. The molecule has 1 aromatic rings. The van der Waals surface area contributed by atoms with Crippen molar-refractivity contribution in [3.05, 3.63) is 28.2 Å². The normalized spacial score (nSPS) is 15.7. The summed E-state index contributed by atoms with van der Waals surface area (Å²) in [6.07, 6.45) is -0.415. The van der Waals surface area contributed by atoms with Crippen molar-refractivity contribution >= 4 is 29.1 Å². The molecule has 1 aliphatic heterocycles. The van der Waals surface area contributed by atoms with Crippen LogP contribution in [0.15, 0.2) is 18.2 Å². The van der Waals surface area contributed by atoms with Crippen molar-refractivity contribution in [2.45, 2.75) is 6.29 Å². The molecule has 0 unspecified atom stereocenters. The minimum Gasteiger partial charge on any atom is -0.482 e. The summed E-state index contributed by atoms with van der Waals surface area (Å²) in [5.41, 5.74) is 10.5. The molecule has 1 amide bonds. The van der Waals surface area contributed by atoms with E-state index in [1.54, 1.807) is 18.2 Å². The van der Waals surface area contributed by atoms with E-state index in [4.69, 9.17) is 27.9 Å². The summed E-state index contributed by atoms with van der Waals surface area (Å²) in [7, 11) is 0. The Kier molecular flexibility index (Phi) is 4.59. The molecule has 1 heterocycles. The molecule has 98 valence electrons. The maximum atomic E-state index is 11.5. The van der Waals surface area contributed by atoms with E-state index in [2.05, 4.69) is 27.2 Å². The second-order valence-corrected chi connectivity index (χ2v) is 4.25. The number of carbonyl (C=O) groups is 1. The lowest BCUT2D eigenvalue weighted by Crippen LogP contribution is -2.51. The smallest absolute Gasteiger partial charge is 0.260 e. The molecule has 5 N–H and O–H groups in total. The van der Waals surface area contributed by atoms with E-state index in [0.717, 1.165) is 0 Å². The van der Waals surface area contributed by atoms with Crippen LogP contribution in [0.2, 0.25) is 10.0 Å². The second-order valence-electron chi connectivity index (χ2n) is 3.40. The van der Waals surface area contributed by atoms with Crippen LogP contribution < -0.4 is 32.0 Å². The second kappa shape index (κ2) is 6.19. The average molecular weight is 292 g/mol. The quantitative estimate of drug-likeness (QED) is 0.532. The number of halogens is 2. The van der Waals surface area contributed by atoms with Gasteiger partial charge in [0.25, 0.3) is 5.91 Å². The van der Waals surface area contributed by atoms with Crippen molar-refractivity contribution in [2.75, 3.05) is 6.61 Å². The van der Waals surface area contributed by atoms with Gasteiger partial charge in [0.15, 0.2) is 12.9 Å². The molecular formula is C9H11Cl2N5O2. The van der Waals surface area contributed by atoms with Crippen molar-refractivity contribution in [3.63, 3.8) is 0 Å². The molecule has 7 nitrogen and oxygen atoms in total. The van der Waals surface area contributed by atoms with E-state index in [1.807, 2.05) is 0 Å². The van der Waals surface area contributed by atoms with Gasteiger partial charge in [-0.25, -0.2) is 10.9 Å². The van der Waals surface area contributed by atoms with Gasteiger partial charge in [0, 0.05) is 5.02 Å². The SMILES string of the molecule is O=C(COc1ccc(Cl)cc1Cl)NC1NNNN1. The molecule has 0 atom stereocenters. The number of carbonyl (C=O) groups excluding carboxylic acids is 1. The topological polar surface area (TPSA) is 86.5 Å². The standard InChI is InChI=1S/C9H11Cl2N5O2/c10-5-1-2-7(6(11)3-5)18-4-8(17)12-9-13-15-16-14-9/h1-3,9,13-16H,4H2,(H,12,17). The number of rotatable bonds is 4. The fourth-order valence-electron chi connectivity index (χ4n) is 1.26. The fourth-order valence-corrected chi connectivity index (χ4v) is 1.73. The van der Waals surface area contributed by atoms with Crippen LogP contribution in [0.1, 0.15) is 0 Å². The summed E-state index contributed by atoms with van der Waals surface area (Å²) in [6, 6.07) is 4.78. The van der Waals surface area contributed by atoms with Crippen LogP contribution in [-0.2, 0) is 4.79 Å². The number of hydrogen-bond acceptors (Lipinski definition) is 6. The molecule has 0 aliphatic carbocycles. The van der Waals surface area contributed by atoms with E-state index in [0.29, 0.717) is 15.8 Å². The Morgan fingerprint density at radius 3 is 2.72 bits per heavy atom. The minimum absolute atomic E-state index is 0.152. The van der Waals surface area contributed by atoms with Crippen LogP contribution in [0.3, 0.4) is 0 Å². The Balaban J connectivity index is 1.81. The van der Waals surface area contributed by atoms with E-state index >= 15 is 0 Å². The lowest BCUT2D eigenvalue weighted by molar-refractivity contribution is -0.124. The van der Waals surface area contributed by atoms with Crippen molar-refractivity contribution in [1.82, 2.24) is 27.2 Å². The average Bonchev–Trinajstić information content (AvgIpc) is 2.80. The van der Waals surface area contributed by atoms with Crippen molar-refractivity contribution in [2.24, 2.45) is 0 Å². The number of hydrazine groups is 3. The van der Waals surface area contributed by atoms with Crippen LogP contribution >= 0.6 is 23.2 Å².